The summed E-state index contributed by atoms with van der Waals surface area (Å²) in [6.45, 7) is 2.69. The molecule has 2 fully saturated rings. The van der Waals surface area contributed by atoms with Crippen molar-refractivity contribution in [3.05, 3.63) is 35.5 Å². The van der Waals surface area contributed by atoms with E-state index in [9.17, 15) is 12.8 Å². The first-order valence-electron chi connectivity index (χ1n) is 8.16. The Morgan fingerprint density at radius 3 is 2.72 bits per heavy atom. The van der Waals surface area contributed by atoms with Crippen LogP contribution < -0.4 is 5.14 Å². The molecule has 1 aliphatic carbocycles. The first-order valence-corrected chi connectivity index (χ1v) is 9.67. The number of nitrogens with zero attached hydrogens (tertiary/aromatic N) is 3. The van der Waals surface area contributed by atoms with Gasteiger partial charge < -0.3 is 4.42 Å². The SMILES string of the molecule is Cc1ccc(F)cc1-c1nnc([C@@H]2CC23CCN(S(N)(=O)=O)CC3)o1. The molecule has 7 nitrogen and oxygen atoms in total. The van der Waals surface area contributed by atoms with Crippen LogP contribution in [-0.2, 0) is 10.2 Å². The number of aromatic nitrogens is 2. The maximum Gasteiger partial charge on any atom is 0.276 e. The number of aryl methyl sites for hydroxylation is 1. The van der Waals surface area contributed by atoms with Crippen LogP contribution in [0.2, 0.25) is 0 Å². The number of nitrogens with two attached hydrogens (primary N) is 1. The van der Waals surface area contributed by atoms with Gasteiger partial charge in [-0.1, -0.05) is 6.07 Å². The summed E-state index contributed by atoms with van der Waals surface area (Å²) in [6, 6.07) is 4.46. The van der Waals surface area contributed by atoms with Crippen LogP contribution in [0.3, 0.4) is 0 Å². The summed E-state index contributed by atoms with van der Waals surface area (Å²) < 4.78 is 43.4. The Kier molecular flexibility index (Phi) is 3.71. The van der Waals surface area contributed by atoms with Crippen molar-refractivity contribution in [2.45, 2.75) is 32.1 Å². The first kappa shape index (κ1) is 16.6. The molecule has 2 aliphatic rings. The van der Waals surface area contributed by atoms with Crippen molar-refractivity contribution in [2.75, 3.05) is 13.1 Å². The Hall–Kier alpha value is -1.84. The van der Waals surface area contributed by atoms with Gasteiger partial charge in [-0.3, -0.25) is 0 Å². The summed E-state index contributed by atoms with van der Waals surface area (Å²) >= 11 is 0. The van der Waals surface area contributed by atoms with Gasteiger partial charge in [0.1, 0.15) is 5.82 Å². The van der Waals surface area contributed by atoms with E-state index in [1.807, 2.05) is 6.92 Å². The average Bonchev–Trinajstić information content (AvgIpc) is 3.03. The number of benzene rings is 1. The molecule has 2 aromatic rings. The lowest BCUT2D eigenvalue weighted by Gasteiger charge is -2.30. The second-order valence-electron chi connectivity index (χ2n) is 6.97. The average molecular weight is 366 g/mol. The third-order valence-electron chi connectivity index (χ3n) is 5.44. The van der Waals surface area contributed by atoms with Crippen molar-refractivity contribution in [3.63, 3.8) is 0 Å². The zero-order chi connectivity index (χ0) is 17.8. The molecule has 0 amide bonds. The van der Waals surface area contributed by atoms with Crippen LogP contribution in [0.4, 0.5) is 4.39 Å². The first-order chi connectivity index (χ1) is 11.8. The van der Waals surface area contributed by atoms with Crippen LogP contribution in [0.5, 0.6) is 0 Å². The monoisotopic (exact) mass is 366 g/mol. The Bertz CT molecular complexity index is 919. The van der Waals surface area contributed by atoms with Gasteiger partial charge in [-0.15, -0.1) is 10.2 Å². The van der Waals surface area contributed by atoms with Crippen molar-refractivity contribution in [1.29, 1.82) is 0 Å². The molecule has 1 atom stereocenters. The van der Waals surface area contributed by atoms with Crippen molar-refractivity contribution < 1.29 is 17.2 Å². The van der Waals surface area contributed by atoms with Crippen LogP contribution in [0, 0.1) is 18.2 Å². The van der Waals surface area contributed by atoms with Gasteiger partial charge in [0.15, 0.2) is 0 Å². The van der Waals surface area contributed by atoms with E-state index in [0.29, 0.717) is 30.4 Å². The quantitative estimate of drug-likeness (QED) is 0.894. The fourth-order valence-corrected chi connectivity index (χ4v) is 4.44. The van der Waals surface area contributed by atoms with E-state index in [-0.39, 0.29) is 17.2 Å². The lowest BCUT2D eigenvalue weighted by molar-refractivity contribution is 0.246. The fourth-order valence-electron chi connectivity index (χ4n) is 3.74. The van der Waals surface area contributed by atoms with Crippen molar-refractivity contribution in [1.82, 2.24) is 14.5 Å². The van der Waals surface area contributed by atoms with Gasteiger partial charge in [0.25, 0.3) is 10.2 Å². The highest BCUT2D eigenvalue weighted by Gasteiger charge is 2.58. The largest absolute Gasteiger partial charge is 0.420 e. The van der Waals surface area contributed by atoms with Gasteiger partial charge >= 0.3 is 0 Å². The molecule has 0 bridgehead atoms. The normalized spacial score (nSPS) is 23.1. The summed E-state index contributed by atoms with van der Waals surface area (Å²) in [6.07, 6.45) is 2.35. The predicted molar refractivity (Wildman–Crippen MR) is 88.1 cm³/mol. The fraction of sp³-hybridized carbons (Fsp3) is 0.500. The van der Waals surface area contributed by atoms with Crippen LogP contribution in [-0.4, -0.2) is 36.0 Å². The minimum atomic E-state index is -3.62. The van der Waals surface area contributed by atoms with Crippen LogP contribution in [0.25, 0.3) is 11.5 Å². The van der Waals surface area contributed by atoms with Crippen molar-refractivity contribution in [3.8, 4) is 11.5 Å². The van der Waals surface area contributed by atoms with E-state index in [4.69, 9.17) is 9.56 Å². The minimum Gasteiger partial charge on any atom is -0.420 e. The third kappa shape index (κ3) is 2.96. The Morgan fingerprint density at radius 1 is 1.32 bits per heavy atom. The van der Waals surface area contributed by atoms with E-state index in [0.717, 1.165) is 24.8 Å². The molecule has 2 N–H and O–H groups in total. The molecule has 1 saturated carbocycles. The standard InChI is InChI=1S/C16H19FN4O3S/c1-10-2-3-11(17)8-12(10)14-19-20-15(24-14)13-9-16(13)4-6-21(7-5-16)25(18,22)23/h2-3,8,13H,4-7,9H2,1H3,(H2,18,22,23)/t13-/m0/s1. The van der Waals surface area contributed by atoms with E-state index in [2.05, 4.69) is 10.2 Å². The van der Waals surface area contributed by atoms with Gasteiger partial charge in [0.05, 0.1) is 0 Å². The number of hydrogen-bond donors (Lipinski definition) is 1. The molecule has 4 rings (SSSR count). The molecule has 1 aromatic carbocycles. The summed E-state index contributed by atoms with van der Waals surface area (Å²) in [7, 11) is -3.62. The molecule has 1 aromatic heterocycles. The van der Waals surface area contributed by atoms with E-state index < -0.39 is 10.2 Å². The molecule has 1 saturated heterocycles. The number of rotatable bonds is 3. The summed E-state index contributed by atoms with van der Waals surface area (Å²) in [4.78, 5) is 0. The zero-order valence-electron chi connectivity index (χ0n) is 13.8. The van der Waals surface area contributed by atoms with Gasteiger partial charge in [0.2, 0.25) is 11.8 Å². The van der Waals surface area contributed by atoms with Crippen molar-refractivity contribution in [2.24, 2.45) is 10.6 Å². The number of piperidine rings is 1. The molecule has 25 heavy (non-hydrogen) atoms. The van der Waals surface area contributed by atoms with E-state index in [1.165, 1.54) is 16.4 Å². The van der Waals surface area contributed by atoms with E-state index in [1.54, 1.807) is 6.07 Å². The molecule has 0 radical (unpaired) electrons. The maximum atomic E-state index is 13.5. The van der Waals surface area contributed by atoms with E-state index >= 15 is 0 Å². The third-order valence-corrected chi connectivity index (χ3v) is 6.52. The summed E-state index contributed by atoms with van der Waals surface area (Å²) in [5.74, 6) is 0.641. The Morgan fingerprint density at radius 2 is 2.04 bits per heavy atom. The molecule has 134 valence electrons. The topological polar surface area (TPSA) is 102 Å². The van der Waals surface area contributed by atoms with Gasteiger partial charge in [-0.2, -0.15) is 12.7 Å². The van der Waals surface area contributed by atoms with Gasteiger partial charge in [0, 0.05) is 24.6 Å². The van der Waals surface area contributed by atoms with Crippen LogP contribution in [0.1, 0.15) is 36.6 Å². The number of halogens is 1. The molecule has 2 heterocycles. The highest BCUT2D eigenvalue weighted by Crippen LogP contribution is 2.64. The zero-order valence-corrected chi connectivity index (χ0v) is 14.6. The highest BCUT2D eigenvalue weighted by atomic mass is 32.2. The highest BCUT2D eigenvalue weighted by molar-refractivity contribution is 7.86. The van der Waals surface area contributed by atoms with Gasteiger partial charge in [-0.25, -0.2) is 9.53 Å². The Labute approximate surface area is 145 Å². The molecule has 1 aliphatic heterocycles. The number of hydrogen-bond acceptors (Lipinski definition) is 5. The maximum absolute atomic E-state index is 13.5. The summed E-state index contributed by atoms with van der Waals surface area (Å²) in [5.41, 5.74) is 1.48. The predicted octanol–water partition coefficient (Wildman–Crippen LogP) is 1.96. The smallest absolute Gasteiger partial charge is 0.276 e. The van der Waals surface area contributed by atoms with Crippen LogP contribution >= 0.6 is 0 Å². The molecule has 0 unspecified atom stereocenters. The second-order valence-corrected chi connectivity index (χ2v) is 8.51. The Balaban J connectivity index is 1.51. The lowest BCUT2D eigenvalue weighted by Crippen LogP contribution is -2.43. The molecular weight excluding hydrogens is 347 g/mol. The van der Waals surface area contributed by atoms with Crippen LogP contribution in [0.15, 0.2) is 22.6 Å². The molecule has 9 heteroatoms. The van der Waals surface area contributed by atoms with Crippen molar-refractivity contribution >= 4 is 10.2 Å². The lowest BCUT2D eigenvalue weighted by atomic mass is 9.92. The minimum absolute atomic E-state index is 0.0158. The summed E-state index contributed by atoms with van der Waals surface area (Å²) in [5, 5.41) is 13.4. The van der Waals surface area contributed by atoms with Gasteiger partial charge in [-0.05, 0) is 49.3 Å². The molecular formula is C16H19FN4O3S. The second kappa shape index (κ2) is 5.58. The molecule has 1 spiro atoms.